The standard InChI is InChI=1S/C15H15FN6O3S/c1-8(18-9(2)23)7-26-15-13(21-25-22-15)14(20-24)19-11-3-4-12(16)10(5-11)6-17/h3-5,8,24H,7H2,1-2H3,(H,18,23)(H,19,20). The van der Waals surface area contributed by atoms with E-state index in [4.69, 9.17) is 9.89 Å². The maximum Gasteiger partial charge on any atom is 0.217 e. The fraction of sp³-hybridized carbons (Fsp3) is 0.267. The Hall–Kier alpha value is -2.97. The van der Waals surface area contributed by atoms with E-state index in [2.05, 4.69) is 20.6 Å². The van der Waals surface area contributed by atoms with E-state index in [1.165, 1.54) is 30.8 Å². The number of halogens is 1. The highest BCUT2D eigenvalue weighted by atomic mass is 32.2. The third-order valence-electron chi connectivity index (χ3n) is 3.02. The molecule has 2 aromatic rings. The number of hydrogen-bond donors (Lipinski definition) is 3. The Morgan fingerprint density at radius 1 is 1.54 bits per heavy atom. The van der Waals surface area contributed by atoms with Gasteiger partial charge in [-0.2, -0.15) is 5.26 Å². The Kier molecular flexibility index (Phi) is 6.65. The molecule has 0 aliphatic carbocycles. The number of thioether (sulfide) groups is 1. The Morgan fingerprint density at radius 2 is 2.31 bits per heavy atom. The van der Waals surface area contributed by atoms with Crippen molar-refractivity contribution in [2.45, 2.75) is 24.9 Å². The molecule has 9 nitrogen and oxygen atoms in total. The molecule has 0 saturated carbocycles. The van der Waals surface area contributed by atoms with Gasteiger partial charge in [-0.1, -0.05) is 11.8 Å². The number of benzene rings is 1. The molecule has 2 rings (SSSR count). The van der Waals surface area contributed by atoms with Gasteiger partial charge in [0.1, 0.15) is 11.9 Å². The van der Waals surface area contributed by atoms with Crippen molar-refractivity contribution in [1.29, 1.82) is 5.26 Å². The number of amidine groups is 1. The first-order chi connectivity index (χ1) is 12.4. The fourth-order valence-electron chi connectivity index (χ4n) is 1.94. The fourth-order valence-corrected chi connectivity index (χ4v) is 2.79. The van der Waals surface area contributed by atoms with E-state index in [9.17, 15) is 14.4 Å². The van der Waals surface area contributed by atoms with Crippen LogP contribution in [0.25, 0.3) is 0 Å². The van der Waals surface area contributed by atoms with Gasteiger partial charge in [-0.15, -0.1) is 0 Å². The van der Waals surface area contributed by atoms with Crippen molar-refractivity contribution in [3.05, 3.63) is 35.3 Å². The first-order valence-corrected chi connectivity index (χ1v) is 8.34. The summed E-state index contributed by atoms with van der Waals surface area (Å²) in [5.41, 5.74) is 2.07. The molecule has 11 heteroatoms. The lowest BCUT2D eigenvalue weighted by Crippen LogP contribution is -2.32. The first-order valence-electron chi connectivity index (χ1n) is 7.36. The molecule has 0 aliphatic heterocycles. The first kappa shape index (κ1) is 19.4. The summed E-state index contributed by atoms with van der Waals surface area (Å²) in [6.07, 6.45) is 0. The summed E-state index contributed by atoms with van der Waals surface area (Å²) in [4.78, 5) is 15.1. The number of hydrogen-bond acceptors (Lipinski definition) is 8. The number of nitrogens with zero attached hydrogens (tertiary/aromatic N) is 4. The maximum absolute atomic E-state index is 13.4. The third kappa shape index (κ3) is 5.01. The summed E-state index contributed by atoms with van der Waals surface area (Å²) in [5.74, 6) is -0.428. The molecule has 0 bridgehead atoms. The van der Waals surface area contributed by atoms with Gasteiger partial charge in [-0.3, -0.25) is 15.5 Å². The Balaban J connectivity index is 2.22. The molecule has 136 valence electrons. The van der Waals surface area contributed by atoms with E-state index in [-0.39, 0.29) is 34.7 Å². The molecule has 1 aromatic heterocycles. The van der Waals surface area contributed by atoms with Crippen LogP contribution in [0.3, 0.4) is 0 Å². The molecule has 0 radical (unpaired) electrons. The summed E-state index contributed by atoms with van der Waals surface area (Å²) in [6.45, 7) is 3.24. The predicted octanol–water partition coefficient (Wildman–Crippen LogP) is 1.75. The topological polar surface area (TPSA) is 136 Å². The van der Waals surface area contributed by atoms with Crippen LogP contribution in [-0.4, -0.2) is 39.1 Å². The molecule has 1 unspecified atom stereocenters. The minimum atomic E-state index is -0.670. The van der Waals surface area contributed by atoms with Gasteiger partial charge in [-0.25, -0.2) is 14.0 Å². The highest BCUT2D eigenvalue weighted by Crippen LogP contribution is 2.22. The molecular formula is C15H15FN6O3S. The molecule has 1 atom stereocenters. The summed E-state index contributed by atoms with van der Waals surface area (Å²) < 4.78 is 18.1. The van der Waals surface area contributed by atoms with Gasteiger partial charge < -0.3 is 5.32 Å². The van der Waals surface area contributed by atoms with Crippen LogP contribution in [0, 0.1) is 17.1 Å². The second-order valence-electron chi connectivity index (χ2n) is 5.18. The van der Waals surface area contributed by atoms with Crippen molar-refractivity contribution in [2.75, 3.05) is 5.75 Å². The highest BCUT2D eigenvalue weighted by Gasteiger charge is 2.18. The average molecular weight is 378 g/mol. The van der Waals surface area contributed by atoms with Crippen molar-refractivity contribution >= 4 is 29.2 Å². The summed E-state index contributed by atoms with van der Waals surface area (Å²) in [5, 5.41) is 28.7. The quantitative estimate of drug-likeness (QED) is 0.299. The van der Waals surface area contributed by atoms with Gasteiger partial charge in [0.25, 0.3) is 0 Å². The van der Waals surface area contributed by atoms with Crippen LogP contribution in [0.2, 0.25) is 0 Å². The molecule has 0 spiro atoms. The number of aromatic nitrogens is 2. The Labute approximate surface area is 152 Å². The molecule has 1 heterocycles. The Bertz CT molecular complexity index is 863. The zero-order chi connectivity index (χ0) is 19.1. The number of carbonyl (C=O) groups excluding carboxylic acids is 1. The lowest BCUT2D eigenvalue weighted by Gasteiger charge is -2.10. The SMILES string of the molecule is CC(=O)NC(C)CSc1nonc1C(=Nc1ccc(F)c(C#N)c1)NO. The molecule has 1 amide bonds. The van der Waals surface area contributed by atoms with Crippen LogP contribution in [-0.2, 0) is 4.79 Å². The van der Waals surface area contributed by atoms with Crippen molar-refractivity contribution in [2.24, 2.45) is 4.99 Å². The number of nitrogens with one attached hydrogen (secondary N) is 2. The van der Waals surface area contributed by atoms with Crippen LogP contribution in [0.5, 0.6) is 0 Å². The molecule has 0 aliphatic rings. The van der Waals surface area contributed by atoms with Gasteiger partial charge in [-0.05, 0) is 35.4 Å². The van der Waals surface area contributed by atoms with Crippen molar-refractivity contribution < 1.29 is 19.0 Å². The predicted molar refractivity (Wildman–Crippen MR) is 90.5 cm³/mol. The molecule has 0 fully saturated rings. The zero-order valence-electron chi connectivity index (χ0n) is 13.9. The molecule has 0 saturated heterocycles. The van der Waals surface area contributed by atoms with E-state index < -0.39 is 5.82 Å². The van der Waals surface area contributed by atoms with E-state index in [1.54, 1.807) is 6.07 Å². The average Bonchev–Trinajstić information content (AvgIpc) is 3.07. The van der Waals surface area contributed by atoms with Crippen LogP contribution in [0.1, 0.15) is 25.1 Å². The number of rotatable bonds is 6. The normalized spacial score (nSPS) is 12.3. The van der Waals surface area contributed by atoms with Crippen molar-refractivity contribution in [3.8, 4) is 6.07 Å². The minimum absolute atomic E-state index is 0.0866. The summed E-state index contributed by atoms with van der Waals surface area (Å²) in [6, 6.07) is 5.25. The number of hydroxylamine groups is 1. The second kappa shape index (κ2) is 8.93. The maximum atomic E-state index is 13.4. The lowest BCUT2D eigenvalue weighted by molar-refractivity contribution is -0.119. The molecular weight excluding hydrogens is 363 g/mol. The monoisotopic (exact) mass is 378 g/mol. The smallest absolute Gasteiger partial charge is 0.217 e. The zero-order valence-corrected chi connectivity index (χ0v) is 14.7. The van der Waals surface area contributed by atoms with Crippen molar-refractivity contribution in [3.63, 3.8) is 0 Å². The van der Waals surface area contributed by atoms with E-state index in [0.29, 0.717) is 10.8 Å². The van der Waals surface area contributed by atoms with Crippen LogP contribution in [0.15, 0.2) is 32.8 Å². The number of aliphatic imine (C=N–C) groups is 1. The van der Waals surface area contributed by atoms with Gasteiger partial charge in [0.2, 0.25) is 5.91 Å². The number of carbonyl (C=O) groups is 1. The van der Waals surface area contributed by atoms with Gasteiger partial charge in [0.05, 0.1) is 11.3 Å². The van der Waals surface area contributed by atoms with Crippen LogP contribution >= 0.6 is 11.8 Å². The summed E-state index contributed by atoms with van der Waals surface area (Å²) >= 11 is 1.24. The molecule has 26 heavy (non-hydrogen) atoms. The van der Waals surface area contributed by atoms with E-state index >= 15 is 0 Å². The number of nitriles is 1. The summed E-state index contributed by atoms with van der Waals surface area (Å²) in [7, 11) is 0. The van der Waals surface area contributed by atoms with Crippen molar-refractivity contribution in [1.82, 2.24) is 21.1 Å². The van der Waals surface area contributed by atoms with Crippen LogP contribution in [0.4, 0.5) is 10.1 Å². The molecule has 1 aromatic carbocycles. The lowest BCUT2D eigenvalue weighted by atomic mass is 10.2. The van der Waals surface area contributed by atoms with Gasteiger partial charge >= 0.3 is 0 Å². The van der Waals surface area contributed by atoms with Gasteiger partial charge in [0, 0.05) is 18.7 Å². The van der Waals surface area contributed by atoms with E-state index in [0.717, 1.165) is 6.07 Å². The number of amides is 1. The van der Waals surface area contributed by atoms with Gasteiger partial charge in [0.15, 0.2) is 16.6 Å². The minimum Gasteiger partial charge on any atom is -0.353 e. The largest absolute Gasteiger partial charge is 0.353 e. The van der Waals surface area contributed by atoms with Crippen LogP contribution < -0.4 is 10.8 Å². The Morgan fingerprint density at radius 3 is 2.96 bits per heavy atom. The third-order valence-corrected chi connectivity index (χ3v) is 4.23. The second-order valence-corrected chi connectivity index (χ2v) is 6.19. The molecule has 3 N–H and O–H groups in total. The van der Waals surface area contributed by atoms with E-state index in [1.807, 2.05) is 12.4 Å². The highest BCUT2D eigenvalue weighted by molar-refractivity contribution is 7.99.